The number of hydrogen-bond donors (Lipinski definition) is 1. The molecule has 1 unspecified atom stereocenters. The van der Waals surface area contributed by atoms with Crippen molar-refractivity contribution in [2.75, 3.05) is 6.54 Å². The van der Waals surface area contributed by atoms with Crippen LogP contribution >= 0.6 is 23.2 Å². The Balaban J connectivity index is 1.86. The van der Waals surface area contributed by atoms with Gasteiger partial charge in [0, 0.05) is 25.7 Å². The number of fused-ring (bicyclic) bond motifs is 1. The molecule has 110 valence electrons. The van der Waals surface area contributed by atoms with Gasteiger partial charge in [-0.2, -0.15) is 0 Å². The van der Waals surface area contributed by atoms with Gasteiger partial charge in [-0.1, -0.05) is 59.6 Å². The second-order valence-corrected chi connectivity index (χ2v) is 6.27. The van der Waals surface area contributed by atoms with Crippen molar-refractivity contribution in [3.05, 3.63) is 69.2 Å². The van der Waals surface area contributed by atoms with Crippen molar-refractivity contribution in [2.24, 2.45) is 5.73 Å². The van der Waals surface area contributed by atoms with Crippen LogP contribution in [0.1, 0.15) is 16.7 Å². The molecule has 0 saturated carbocycles. The first-order chi connectivity index (χ1) is 10.2. The minimum atomic E-state index is 0.343. The zero-order valence-electron chi connectivity index (χ0n) is 11.7. The fourth-order valence-electron chi connectivity index (χ4n) is 2.95. The largest absolute Gasteiger partial charge is 0.329 e. The van der Waals surface area contributed by atoms with Gasteiger partial charge >= 0.3 is 0 Å². The van der Waals surface area contributed by atoms with E-state index in [1.54, 1.807) is 0 Å². The Morgan fingerprint density at radius 3 is 2.57 bits per heavy atom. The molecule has 0 saturated heterocycles. The summed E-state index contributed by atoms with van der Waals surface area (Å²) in [7, 11) is 0. The van der Waals surface area contributed by atoms with Gasteiger partial charge in [-0.15, -0.1) is 0 Å². The molecule has 0 spiro atoms. The lowest BCUT2D eigenvalue weighted by molar-refractivity contribution is 0.167. The fraction of sp³-hybridized carbons (Fsp3) is 0.294. The number of hydrogen-bond acceptors (Lipinski definition) is 2. The molecular weight excluding hydrogens is 303 g/mol. The lowest BCUT2D eigenvalue weighted by atomic mass is 9.93. The maximum absolute atomic E-state index is 6.31. The monoisotopic (exact) mass is 320 g/mol. The topological polar surface area (TPSA) is 29.3 Å². The summed E-state index contributed by atoms with van der Waals surface area (Å²) in [6, 6.07) is 14.7. The summed E-state index contributed by atoms with van der Waals surface area (Å²) in [5.74, 6) is 0. The van der Waals surface area contributed by atoms with Crippen LogP contribution in [0.4, 0.5) is 0 Å². The molecule has 0 bridgehead atoms. The molecule has 2 N–H and O–H groups in total. The molecule has 3 rings (SSSR count). The van der Waals surface area contributed by atoms with Crippen LogP contribution in [0.5, 0.6) is 0 Å². The van der Waals surface area contributed by atoms with Crippen molar-refractivity contribution < 1.29 is 0 Å². The van der Waals surface area contributed by atoms with Gasteiger partial charge in [-0.05, 0) is 29.2 Å². The quantitative estimate of drug-likeness (QED) is 0.929. The Kier molecular flexibility index (Phi) is 4.51. The average molecular weight is 321 g/mol. The highest BCUT2D eigenvalue weighted by molar-refractivity contribution is 6.42. The zero-order chi connectivity index (χ0) is 14.8. The molecule has 2 nitrogen and oxygen atoms in total. The van der Waals surface area contributed by atoms with E-state index < -0.39 is 0 Å². The molecule has 1 atom stereocenters. The van der Waals surface area contributed by atoms with Crippen molar-refractivity contribution in [3.8, 4) is 0 Å². The summed E-state index contributed by atoms with van der Waals surface area (Å²) in [4.78, 5) is 2.39. The highest BCUT2D eigenvalue weighted by Crippen LogP contribution is 2.29. The van der Waals surface area contributed by atoms with Crippen molar-refractivity contribution in [1.82, 2.24) is 4.90 Å². The van der Waals surface area contributed by atoms with Gasteiger partial charge in [-0.25, -0.2) is 0 Å². The van der Waals surface area contributed by atoms with E-state index in [0.717, 1.165) is 25.1 Å². The Hall–Kier alpha value is -1.06. The van der Waals surface area contributed by atoms with E-state index in [9.17, 15) is 0 Å². The Morgan fingerprint density at radius 2 is 1.81 bits per heavy atom. The predicted octanol–water partition coefficient (Wildman–Crippen LogP) is 3.88. The number of halogens is 2. The molecule has 21 heavy (non-hydrogen) atoms. The lowest BCUT2D eigenvalue weighted by Crippen LogP contribution is -2.44. The van der Waals surface area contributed by atoms with Gasteiger partial charge in [0.15, 0.2) is 0 Å². The van der Waals surface area contributed by atoms with Crippen LogP contribution in [-0.4, -0.2) is 17.5 Å². The van der Waals surface area contributed by atoms with Crippen molar-refractivity contribution >= 4 is 23.2 Å². The number of rotatable bonds is 3. The molecule has 4 heteroatoms. The van der Waals surface area contributed by atoms with E-state index in [-0.39, 0.29) is 0 Å². The van der Waals surface area contributed by atoms with Gasteiger partial charge < -0.3 is 5.73 Å². The minimum absolute atomic E-state index is 0.343. The Bertz CT molecular complexity index is 642. The standard InChI is InChI=1S/C17H18Cl2N2/c18-16-7-3-6-14(17(16)19)11-21-10-13-5-2-1-4-12(13)8-15(21)9-20/h1-7,15H,8-11,20H2. The summed E-state index contributed by atoms with van der Waals surface area (Å²) in [5.41, 5.74) is 9.81. The molecule has 0 fully saturated rings. The highest BCUT2D eigenvalue weighted by atomic mass is 35.5. The van der Waals surface area contributed by atoms with E-state index in [4.69, 9.17) is 28.9 Å². The molecule has 0 radical (unpaired) electrons. The van der Waals surface area contributed by atoms with Crippen LogP contribution in [0, 0.1) is 0 Å². The summed E-state index contributed by atoms with van der Waals surface area (Å²) in [6.45, 7) is 2.32. The molecule has 1 aliphatic rings. The van der Waals surface area contributed by atoms with Gasteiger partial charge in [0.2, 0.25) is 0 Å². The third kappa shape index (κ3) is 3.09. The van der Waals surface area contributed by atoms with Crippen LogP contribution in [0.3, 0.4) is 0 Å². The summed E-state index contributed by atoms with van der Waals surface area (Å²) >= 11 is 12.4. The van der Waals surface area contributed by atoms with E-state index in [1.165, 1.54) is 11.1 Å². The van der Waals surface area contributed by atoms with Crippen molar-refractivity contribution in [1.29, 1.82) is 0 Å². The van der Waals surface area contributed by atoms with Gasteiger partial charge in [-0.3, -0.25) is 4.90 Å². The zero-order valence-corrected chi connectivity index (χ0v) is 13.2. The van der Waals surface area contributed by atoms with Crippen LogP contribution in [0.2, 0.25) is 10.0 Å². The molecule has 2 aromatic rings. The summed E-state index contributed by atoms with van der Waals surface area (Å²) in [5, 5.41) is 1.25. The molecular formula is C17H18Cl2N2. The van der Waals surface area contributed by atoms with Gasteiger partial charge in [0.1, 0.15) is 0 Å². The third-order valence-electron chi connectivity index (χ3n) is 4.14. The number of benzene rings is 2. The van der Waals surface area contributed by atoms with Crippen LogP contribution in [-0.2, 0) is 19.5 Å². The first-order valence-electron chi connectivity index (χ1n) is 7.13. The normalized spacial score (nSPS) is 18.5. The van der Waals surface area contributed by atoms with Crippen LogP contribution in [0.25, 0.3) is 0 Å². The fourth-order valence-corrected chi connectivity index (χ4v) is 3.33. The summed E-state index contributed by atoms with van der Waals surface area (Å²) < 4.78 is 0. The first-order valence-corrected chi connectivity index (χ1v) is 7.88. The molecule has 0 amide bonds. The Morgan fingerprint density at radius 1 is 1.05 bits per heavy atom. The Labute approximate surface area is 135 Å². The maximum atomic E-state index is 6.31. The van der Waals surface area contributed by atoms with Crippen LogP contribution < -0.4 is 5.73 Å². The van der Waals surface area contributed by atoms with Crippen molar-refractivity contribution in [2.45, 2.75) is 25.6 Å². The molecule has 2 aromatic carbocycles. The van der Waals surface area contributed by atoms with E-state index in [2.05, 4.69) is 29.2 Å². The molecule has 1 heterocycles. The minimum Gasteiger partial charge on any atom is -0.329 e. The molecule has 0 aliphatic carbocycles. The SMILES string of the molecule is NCC1Cc2ccccc2CN1Cc1cccc(Cl)c1Cl. The second-order valence-electron chi connectivity index (χ2n) is 5.48. The number of nitrogens with zero attached hydrogens (tertiary/aromatic N) is 1. The number of nitrogens with two attached hydrogens (primary N) is 1. The van der Waals surface area contributed by atoms with Gasteiger partial charge in [0.05, 0.1) is 10.0 Å². The van der Waals surface area contributed by atoms with E-state index >= 15 is 0 Å². The lowest BCUT2D eigenvalue weighted by Gasteiger charge is -2.36. The van der Waals surface area contributed by atoms with Crippen molar-refractivity contribution in [3.63, 3.8) is 0 Å². The molecule has 0 aromatic heterocycles. The van der Waals surface area contributed by atoms with E-state index in [0.29, 0.717) is 22.6 Å². The average Bonchev–Trinajstić information content (AvgIpc) is 2.51. The van der Waals surface area contributed by atoms with Crippen LogP contribution in [0.15, 0.2) is 42.5 Å². The van der Waals surface area contributed by atoms with E-state index in [1.807, 2.05) is 18.2 Å². The highest BCUT2D eigenvalue weighted by Gasteiger charge is 2.25. The third-order valence-corrected chi connectivity index (χ3v) is 5.00. The molecule has 1 aliphatic heterocycles. The first kappa shape index (κ1) is 14.9. The smallest absolute Gasteiger partial charge is 0.0637 e. The second kappa shape index (κ2) is 6.37. The van der Waals surface area contributed by atoms with Gasteiger partial charge in [0.25, 0.3) is 0 Å². The maximum Gasteiger partial charge on any atom is 0.0637 e. The summed E-state index contributed by atoms with van der Waals surface area (Å²) in [6.07, 6.45) is 0.991. The predicted molar refractivity (Wildman–Crippen MR) is 88.7 cm³/mol.